The van der Waals surface area contributed by atoms with Crippen molar-refractivity contribution < 1.29 is 4.79 Å². The molecule has 27 heavy (non-hydrogen) atoms. The van der Waals surface area contributed by atoms with E-state index in [1.165, 1.54) is 12.8 Å². The van der Waals surface area contributed by atoms with Crippen molar-refractivity contribution in [1.29, 1.82) is 0 Å². The van der Waals surface area contributed by atoms with Gasteiger partial charge in [-0.3, -0.25) is 9.69 Å². The van der Waals surface area contributed by atoms with Crippen LogP contribution in [0.5, 0.6) is 0 Å². The highest BCUT2D eigenvalue weighted by molar-refractivity contribution is 5.79. The zero-order chi connectivity index (χ0) is 18.6. The van der Waals surface area contributed by atoms with E-state index in [1.54, 1.807) is 0 Å². The van der Waals surface area contributed by atoms with Gasteiger partial charge in [0.05, 0.1) is 18.8 Å². The first-order chi connectivity index (χ1) is 13.2. The number of likely N-dealkylation sites (tertiary alicyclic amines) is 1. The van der Waals surface area contributed by atoms with Crippen LogP contribution in [0.15, 0.2) is 18.3 Å². The summed E-state index contributed by atoms with van der Waals surface area (Å²) in [6.45, 7) is 8.10. The van der Waals surface area contributed by atoms with Gasteiger partial charge < -0.3 is 10.6 Å². The molecule has 0 saturated carbocycles. The molecule has 0 aromatic carbocycles. The van der Waals surface area contributed by atoms with Gasteiger partial charge in [-0.15, -0.1) is 0 Å². The fourth-order valence-corrected chi connectivity index (χ4v) is 4.16. The number of nitrogens with zero attached hydrogens (tertiary/aromatic N) is 4. The second-order valence-electron chi connectivity index (χ2n) is 7.98. The molecular formula is C20H30N6O. The molecule has 4 rings (SSSR count). The monoisotopic (exact) mass is 370 g/mol. The van der Waals surface area contributed by atoms with E-state index in [0.717, 1.165) is 55.2 Å². The molecule has 0 unspecified atom stereocenters. The second kappa shape index (κ2) is 8.35. The Kier molecular flexibility index (Phi) is 5.69. The Morgan fingerprint density at radius 2 is 2.19 bits per heavy atom. The number of hydrogen-bond donors (Lipinski definition) is 2. The molecule has 2 aromatic rings. The van der Waals surface area contributed by atoms with Gasteiger partial charge in [0.25, 0.3) is 0 Å². The quantitative estimate of drug-likeness (QED) is 0.803. The maximum atomic E-state index is 12.3. The predicted molar refractivity (Wildman–Crippen MR) is 106 cm³/mol. The maximum absolute atomic E-state index is 12.3. The lowest BCUT2D eigenvalue weighted by Crippen LogP contribution is -2.41. The average molecular weight is 371 g/mol. The van der Waals surface area contributed by atoms with Crippen molar-refractivity contribution in [3.05, 3.63) is 24.0 Å². The van der Waals surface area contributed by atoms with Crippen LogP contribution in [-0.4, -0.2) is 64.8 Å². The predicted octanol–water partition coefficient (Wildman–Crippen LogP) is 1.36. The summed E-state index contributed by atoms with van der Waals surface area (Å²) in [6, 6.07) is 4.08. The molecule has 4 heterocycles. The number of carbonyl (C=O) groups is 1. The molecule has 0 aliphatic carbocycles. The minimum absolute atomic E-state index is 0.106. The molecule has 0 radical (unpaired) electrons. The van der Waals surface area contributed by atoms with Gasteiger partial charge in [-0.25, -0.2) is 9.67 Å². The van der Waals surface area contributed by atoms with Crippen LogP contribution >= 0.6 is 0 Å². The van der Waals surface area contributed by atoms with Crippen LogP contribution in [0.1, 0.15) is 37.8 Å². The highest BCUT2D eigenvalue weighted by atomic mass is 16.2. The summed E-state index contributed by atoms with van der Waals surface area (Å²) in [5.74, 6) is 1.34. The van der Waals surface area contributed by atoms with Gasteiger partial charge in [-0.2, -0.15) is 5.10 Å². The van der Waals surface area contributed by atoms with Gasteiger partial charge in [0, 0.05) is 30.6 Å². The molecule has 2 N–H and O–H groups in total. The fraction of sp³-hybridized carbons (Fsp3) is 0.650. The highest BCUT2D eigenvalue weighted by Gasteiger charge is 2.23. The molecule has 146 valence electrons. The van der Waals surface area contributed by atoms with Crippen molar-refractivity contribution in [3.63, 3.8) is 0 Å². The third kappa shape index (κ3) is 4.30. The molecular weight excluding hydrogens is 340 g/mol. The summed E-state index contributed by atoms with van der Waals surface area (Å²) in [4.78, 5) is 19.0. The molecule has 2 aliphatic heterocycles. The van der Waals surface area contributed by atoms with E-state index in [9.17, 15) is 4.79 Å². The van der Waals surface area contributed by atoms with Gasteiger partial charge in [0.2, 0.25) is 5.91 Å². The molecule has 7 heteroatoms. The summed E-state index contributed by atoms with van der Waals surface area (Å²) < 4.78 is 1.95. The topological polar surface area (TPSA) is 75.1 Å². The van der Waals surface area contributed by atoms with Gasteiger partial charge in [0.1, 0.15) is 0 Å². The van der Waals surface area contributed by atoms with Gasteiger partial charge >= 0.3 is 0 Å². The first kappa shape index (κ1) is 18.4. The van der Waals surface area contributed by atoms with E-state index >= 15 is 0 Å². The van der Waals surface area contributed by atoms with E-state index < -0.39 is 0 Å². The maximum Gasteiger partial charge on any atom is 0.234 e. The number of pyridine rings is 1. The Bertz CT molecular complexity index is 774. The van der Waals surface area contributed by atoms with Crippen LogP contribution in [0.4, 0.5) is 0 Å². The normalized spacial score (nSPS) is 21.7. The zero-order valence-corrected chi connectivity index (χ0v) is 16.2. The van der Waals surface area contributed by atoms with Crippen molar-refractivity contribution in [2.45, 2.75) is 38.6 Å². The number of rotatable bonds is 6. The Morgan fingerprint density at radius 1 is 1.33 bits per heavy atom. The van der Waals surface area contributed by atoms with Crippen LogP contribution < -0.4 is 10.6 Å². The molecule has 2 saturated heterocycles. The number of hydrogen-bond acceptors (Lipinski definition) is 5. The van der Waals surface area contributed by atoms with Crippen LogP contribution in [0.2, 0.25) is 0 Å². The van der Waals surface area contributed by atoms with Crippen LogP contribution in [0.25, 0.3) is 11.0 Å². The molecule has 2 aromatic heterocycles. The number of aromatic nitrogens is 3. The molecule has 2 fully saturated rings. The third-order valence-corrected chi connectivity index (χ3v) is 5.87. The summed E-state index contributed by atoms with van der Waals surface area (Å²) in [7, 11) is 0. The summed E-state index contributed by atoms with van der Waals surface area (Å²) in [6.07, 6.45) is 5.31. The molecule has 0 bridgehead atoms. The first-order valence-corrected chi connectivity index (χ1v) is 10.2. The van der Waals surface area contributed by atoms with Crippen molar-refractivity contribution in [2.24, 2.45) is 5.92 Å². The summed E-state index contributed by atoms with van der Waals surface area (Å²) in [5.41, 5.74) is 2.05. The minimum atomic E-state index is 0.106. The van der Waals surface area contributed by atoms with Crippen molar-refractivity contribution in [3.8, 4) is 0 Å². The molecule has 1 atom stereocenters. The Balaban J connectivity index is 1.34. The van der Waals surface area contributed by atoms with E-state index in [-0.39, 0.29) is 5.91 Å². The number of fused-ring (bicyclic) bond motifs is 1. The fourth-order valence-electron chi connectivity index (χ4n) is 4.16. The van der Waals surface area contributed by atoms with Gasteiger partial charge in [0.15, 0.2) is 5.65 Å². The van der Waals surface area contributed by atoms with Crippen molar-refractivity contribution in [1.82, 2.24) is 30.3 Å². The van der Waals surface area contributed by atoms with Crippen LogP contribution in [0.3, 0.4) is 0 Å². The standard InChI is InChI=1S/C20H30N6O/c1-15-5-10-25(11-6-15)14-18(27)22-9-12-26-20-17(3-2-7-23-20)19(24-26)16-4-8-21-13-16/h2-3,7,15-16,21H,4-6,8-14H2,1H3,(H,22,27)/t16-/m1/s1. The van der Waals surface area contributed by atoms with Crippen molar-refractivity contribution in [2.75, 3.05) is 39.3 Å². The molecule has 7 nitrogen and oxygen atoms in total. The highest BCUT2D eigenvalue weighted by Crippen LogP contribution is 2.27. The Morgan fingerprint density at radius 3 is 2.96 bits per heavy atom. The SMILES string of the molecule is CC1CCN(CC(=O)NCCn2nc([C@@H]3CCNC3)c3cccnc32)CC1. The Hall–Kier alpha value is -1.99. The van der Waals surface area contributed by atoms with E-state index in [1.807, 2.05) is 16.9 Å². The number of carbonyl (C=O) groups excluding carboxylic acids is 1. The van der Waals surface area contributed by atoms with Gasteiger partial charge in [-0.1, -0.05) is 6.92 Å². The largest absolute Gasteiger partial charge is 0.353 e. The molecule has 0 spiro atoms. The van der Waals surface area contributed by atoms with E-state index in [4.69, 9.17) is 5.10 Å². The zero-order valence-electron chi connectivity index (χ0n) is 16.2. The van der Waals surface area contributed by atoms with Crippen LogP contribution in [-0.2, 0) is 11.3 Å². The lowest BCUT2D eigenvalue weighted by Gasteiger charge is -2.29. The second-order valence-corrected chi connectivity index (χ2v) is 7.98. The Labute approximate surface area is 160 Å². The van der Waals surface area contributed by atoms with E-state index in [0.29, 0.717) is 25.6 Å². The van der Waals surface area contributed by atoms with E-state index in [2.05, 4.69) is 33.5 Å². The third-order valence-electron chi connectivity index (χ3n) is 5.87. The average Bonchev–Trinajstić information content (AvgIpc) is 3.32. The summed E-state index contributed by atoms with van der Waals surface area (Å²) in [5, 5.41) is 12.4. The smallest absolute Gasteiger partial charge is 0.234 e. The van der Waals surface area contributed by atoms with Gasteiger partial charge in [-0.05, 0) is 56.9 Å². The number of amides is 1. The number of piperidine rings is 1. The molecule has 2 aliphatic rings. The van der Waals surface area contributed by atoms with Crippen LogP contribution in [0, 0.1) is 5.92 Å². The lowest BCUT2D eigenvalue weighted by molar-refractivity contribution is -0.122. The lowest BCUT2D eigenvalue weighted by atomic mass is 9.99. The minimum Gasteiger partial charge on any atom is -0.353 e. The number of nitrogens with one attached hydrogen (secondary N) is 2. The molecule has 1 amide bonds. The first-order valence-electron chi connectivity index (χ1n) is 10.2. The summed E-state index contributed by atoms with van der Waals surface area (Å²) >= 11 is 0. The van der Waals surface area contributed by atoms with Crippen molar-refractivity contribution >= 4 is 16.9 Å².